The van der Waals surface area contributed by atoms with Gasteiger partial charge in [0.2, 0.25) is 0 Å². The molecular weight excluding hydrogens is 182 g/mol. The van der Waals surface area contributed by atoms with E-state index in [1.54, 1.807) is 0 Å². The summed E-state index contributed by atoms with van der Waals surface area (Å²) >= 11 is 0. The fourth-order valence-electron chi connectivity index (χ4n) is 1.49. The summed E-state index contributed by atoms with van der Waals surface area (Å²) in [6.07, 6.45) is 1.06. The molecule has 1 heteroatoms. The van der Waals surface area contributed by atoms with Crippen LogP contribution >= 0.6 is 0 Å². The van der Waals surface area contributed by atoms with Crippen LogP contribution in [0.4, 0.5) is 0 Å². The molecule has 1 unspecified atom stereocenters. The SMILES string of the molecule is C=C(CC)CNCC(C)c1ccccc1. The Morgan fingerprint density at radius 2 is 2.00 bits per heavy atom. The third-order valence-electron chi connectivity index (χ3n) is 2.69. The number of nitrogens with one attached hydrogen (secondary N) is 1. The Bertz CT molecular complexity index is 289. The van der Waals surface area contributed by atoms with E-state index >= 15 is 0 Å². The zero-order chi connectivity index (χ0) is 11.1. The predicted molar refractivity (Wildman–Crippen MR) is 67.2 cm³/mol. The van der Waals surface area contributed by atoms with Crippen molar-refractivity contribution >= 4 is 0 Å². The Hall–Kier alpha value is -1.08. The van der Waals surface area contributed by atoms with E-state index < -0.39 is 0 Å². The number of hydrogen-bond donors (Lipinski definition) is 1. The van der Waals surface area contributed by atoms with Crippen LogP contribution in [-0.2, 0) is 0 Å². The van der Waals surface area contributed by atoms with Crippen LogP contribution in [0.25, 0.3) is 0 Å². The molecule has 1 aromatic rings. The molecular formula is C14H21N. The number of rotatable bonds is 6. The first-order valence-corrected chi connectivity index (χ1v) is 5.66. The summed E-state index contributed by atoms with van der Waals surface area (Å²) in [4.78, 5) is 0. The Morgan fingerprint density at radius 3 is 2.60 bits per heavy atom. The van der Waals surface area contributed by atoms with Gasteiger partial charge in [-0.15, -0.1) is 0 Å². The van der Waals surface area contributed by atoms with Gasteiger partial charge in [0.25, 0.3) is 0 Å². The van der Waals surface area contributed by atoms with Crippen molar-refractivity contribution < 1.29 is 0 Å². The molecule has 1 aromatic carbocycles. The fourth-order valence-corrected chi connectivity index (χ4v) is 1.49. The molecule has 0 bridgehead atoms. The van der Waals surface area contributed by atoms with Crippen LogP contribution in [0.1, 0.15) is 31.7 Å². The summed E-state index contributed by atoms with van der Waals surface area (Å²) in [6, 6.07) is 10.6. The Labute approximate surface area is 93.2 Å². The highest BCUT2D eigenvalue weighted by Gasteiger charge is 2.03. The van der Waals surface area contributed by atoms with Gasteiger partial charge in [0.1, 0.15) is 0 Å². The van der Waals surface area contributed by atoms with Crippen LogP contribution in [0.15, 0.2) is 42.5 Å². The summed E-state index contributed by atoms with van der Waals surface area (Å²) < 4.78 is 0. The maximum atomic E-state index is 3.98. The molecule has 1 atom stereocenters. The summed E-state index contributed by atoms with van der Waals surface area (Å²) in [5.74, 6) is 0.566. The summed E-state index contributed by atoms with van der Waals surface area (Å²) in [7, 11) is 0. The minimum Gasteiger partial charge on any atom is -0.312 e. The molecule has 0 spiro atoms. The lowest BCUT2D eigenvalue weighted by atomic mass is 10.0. The number of hydrogen-bond acceptors (Lipinski definition) is 1. The molecule has 0 radical (unpaired) electrons. The van der Waals surface area contributed by atoms with Crippen molar-refractivity contribution in [2.75, 3.05) is 13.1 Å². The van der Waals surface area contributed by atoms with Gasteiger partial charge in [-0.3, -0.25) is 0 Å². The second kappa shape index (κ2) is 6.41. The van der Waals surface area contributed by atoms with Gasteiger partial charge in [0.15, 0.2) is 0 Å². The average Bonchev–Trinajstić information content (AvgIpc) is 2.29. The van der Waals surface area contributed by atoms with Gasteiger partial charge in [-0.05, 0) is 17.9 Å². The maximum Gasteiger partial charge on any atom is 0.0162 e. The highest BCUT2D eigenvalue weighted by atomic mass is 14.9. The second-order valence-corrected chi connectivity index (χ2v) is 4.05. The molecule has 0 amide bonds. The molecule has 1 rings (SSSR count). The minimum atomic E-state index is 0.566. The summed E-state index contributed by atoms with van der Waals surface area (Å²) in [5.41, 5.74) is 2.67. The molecule has 0 saturated heterocycles. The van der Waals surface area contributed by atoms with E-state index in [1.807, 2.05) is 0 Å². The molecule has 0 aliphatic heterocycles. The van der Waals surface area contributed by atoms with E-state index in [0.29, 0.717) is 5.92 Å². The third kappa shape index (κ3) is 4.30. The Balaban J connectivity index is 2.31. The molecule has 0 fully saturated rings. The molecule has 0 saturated carbocycles. The van der Waals surface area contributed by atoms with Crippen molar-refractivity contribution in [3.63, 3.8) is 0 Å². The molecule has 1 nitrogen and oxygen atoms in total. The lowest BCUT2D eigenvalue weighted by Gasteiger charge is -2.13. The number of benzene rings is 1. The zero-order valence-corrected chi connectivity index (χ0v) is 9.79. The van der Waals surface area contributed by atoms with Crippen molar-refractivity contribution in [2.45, 2.75) is 26.2 Å². The second-order valence-electron chi connectivity index (χ2n) is 4.05. The lowest BCUT2D eigenvalue weighted by Crippen LogP contribution is -2.22. The van der Waals surface area contributed by atoms with Crippen LogP contribution in [0, 0.1) is 0 Å². The standard InChI is InChI=1S/C14H21N/c1-4-12(2)10-15-11-13(3)14-8-6-5-7-9-14/h5-9,13,15H,2,4,10-11H2,1,3H3. The summed E-state index contributed by atoms with van der Waals surface area (Å²) in [5, 5.41) is 3.43. The Kier molecular flexibility index (Phi) is 5.13. The minimum absolute atomic E-state index is 0.566. The van der Waals surface area contributed by atoms with Crippen LogP contribution in [0.2, 0.25) is 0 Å². The zero-order valence-electron chi connectivity index (χ0n) is 9.79. The molecule has 0 aliphatic rings. The van der Waals surface area contributed by atoms with Crippen LogP contribution < -0.4 is 5.32 Å². The van der Waals surface area contributed by atoms with Crippen LogP contribution in [0.3, 0.4) is 0 Å². The topological polar surface area (TPSA) is 12.0 Å². The molecule has 0 aliphatic carbocycles. The van der Waals surface area contributed by atoms with Gasteiger partial charge in [-0.1, -0.05) is 56.3 Å². The van der Waals surface area contributed by atoms with Gasteiger partial charge in [-0.25, -0.2) is 0 Å². The highest BCUT2D eigenvalue weighted by molar-refractivity contribution is 5.19. The van der Waals surface area contributed by atoms with Crippen LogP contribution in [0.5, 0.6) is 0 Å². The third-order valence-corrected chi connectivity index (χ3v) is 2.69. The average molecular weight is 203 g/mol. The lowest BCUT2D eigenvalue weighted by molar-refractivity contribution is 0.637. The molecule has 15 heavy (non-hydrogen) atoms. The first kappa shape index (κ1) is 12.0. The van der Waals surface area contributed by atoms with E-state index in [0.717, 1.165) is 19.5 Å². The monoisotopic (exact) mass is 203 g/mol. The smallest absolute Gasteiger partial charge is 0.0162 e. The van der Waals surface area contributed by atoms with Crippen molar-refractivity contribution in [3.8, 4) is 0 Å². The van der Waals surface area contributed by atoms with Crippen molar-refractivity contribution in [1.29, 1.82) is 0 Å². The first-order chi connectivity index (χ1) is 7.24. The van der Waals surface area contributed by atoms with Gasteiger partial charge in [0, 0.05) is 13.1 Å². The van der Waals surface area contributed by atoms with Crippen LogP contribution in [-0.4, -0.2) is 13.1 Å². The fraction of sp³-hybridized carbons (Fsp3) is 0.429. The Morgan fingerprint density at radius 1 is 1.33 bits per heavy atom. The van der Waals surface area contributed by atoms with E-state index in [-0.39, 0.29) is 0 Å². The van der Waals surface area contributed by atoms with Crippen molar-refractivity contribution in [2.24, 2.45) is 0 Å². The normalized spacial score (nSPS) is 12.4. The predicted octanol–water partition coefficient (Wildman–Crippen LogP) is 3.35. The molecule has 0 aromatic heterocycles. The molecule has 82 valence electrons. The quantitative estimate of drug-likeness (QED) is 0.699. The van der Waals surface area contributed by atoms with Crippen molar-refractivity contribution in [1.82, 2.24) is 5.32 Å². The van der Waals surface area contributed by atoms with Gasteiger partial charge in [-0.2, -0.15) is 0 Å². The molecule has 0 heterocycles. The van der Waals surface area contributed by atoms with Gasteiger partial charge >= 0.3 is 0 Å². The van der Waals surface area contributed by atoms with Crippen molar-refractivity contribution in [3.05, 3.63) is 48.0 Å². The highest BCUT2D eigenvalue weighted by Crippen LogP contribution is 2.12. The van der Waals surface area contributed by atoms with E-state index in [9.17, 15) is 0 Å². The largest absolute Gasteiger partial charge is 0.312 e. The first-order valence-electron chi connectivity index (χ1n) is 5.66. The van der Waals surface area contributed by atoms with E-state index in [1.165, 1.54) is 11.1 Å². The van der Waals surface area contributed by atoms with Gasteiger partial charge in [0.05, 0.1) is 0 Å². The van der Waals surface area contributed by atoms with Gasteiger partial charge < -0.3 is 5.32 Å². The summed E-state index contributed by atoms with van der Waals surface area (Å²) in [6.45, 7) is 10.3. The van der Waals surface area contributed by atoms with E-state index in [4.69, 9.17) is 0 Å². The maximum absolute atomic E-state index is 3.98. The molecule has 1 N–H and O–H groups in total. The van der Waals surface area contributed by atoms with E-state index in [2.05, 4.69) is 56.1 Å².